The maximum atomic E-state index is 9.65. The lowest BCUT2D eigenvalue weighted by Gasteiger charge is -2.07. The van der Waals surface area contributed by atoms with E-state index in [0.29, 0.717) is 11.5 Å². The molecular weight excluding hydrogens is 330 g/mol. The van der Waals surface area contributed by atoms with E-state index in [2.05, 4.69) is 22.2 Å². The Labute approximate surface area is 151 Å². The Bertz CT molecular complexity index is 1030. The zero-order valence-electron chi connectivity index (χ0n) is 15.0. The summed E-state index contributed by atoms with van der Waals surface area (Å²) < 4.78 is 7.23. The van der Waals surface area contributed by atoms with Crippen LogP contribution in [0.2, 0.25) is 0 Å². The Morgan fingerprint density at radius 2 is 1.85 bits per heavy atom. The van der Waals surface area contributed by atoms with E-state index in [1.54, 1.807) is 19.1 Å². The average molecular weight is 349 g/mol. The summed E-state index contributed by atoms with van der Waals surface area (Å²) in [4.78, 5) is 0. The van der Waals surface area contributed by atoms with Crippen LogP contribution in [0.3, 0.4) is 0 Å². The number of aromatic nitrogens is 2. The Kier molecular flexibility index (Phi) is 4.55. The second-order valence-electron chi connectivity index (χ2n) is 5.91. The van der Waals surface area contributed by atoms with E-state index >= 15 is 0 Å². The summed E-state index contributed by atoms with van der Waals surface area (Å²) in [6.45, 7) is 5.47. The van der Waals surface area contributed by atoms with Crippen LogP contribution in [0.15, 0.2) is 33.9 Å². The first-order chi connectivity index (χ1) is 12.5. The Morgan fingerprint density at radius 3 is 2.38 bits per heavy atom. The van der Waals surface area contributed by atoms with Gasteiger partial charge in [-0.15, -0.1) is 0 Å². The lowest BCUT2D eigenvalue weighted by atomic mass is 9.94. The standard InChI is InChI=1S/C20H19N3O3/c1-5-6-16-19(14-7-9-15(24)10-8-14)20(17(11-21-25)23(16)4)18-12(2)22-26-13(18)3/h7-11,24-25H,1-4H3/b21-11+. The molecule has 0 atom stereocenters. The molecule has 3 rings (SSSR count). The van der Waals surface area contributed by atoms with Crippen LogP contribution in [0.25, 0.3) is 22.3 Å². The van der Waals surface area contributed by atoms with Gasteiger partial charge in [0.2, 0.25) is 0 Å². The topological polar surface area (TPSA) is 83.8 Å². The summed E-state index contributed by atoms with van der Waals surface area (Å²) in [6, 6.07) is 6.91. The van der Waals surface area contributed by atoms with Crippen LogP contribution in [0, 0.1) is 25.7 Å². The van der Waals surface area contributed by atoms with Gasteiger partial charge in [0.05, 0.1) is 23.2 Å². The third-order valence-electron chi connectivity index (χ3n) is 4.30. The van der Waals surface area contributed by atoms with Crippen molar-refractivity contribution in [1.29, 1.82) is 0 Å². The van der Waals surface area contributed by atoms with Gasteiger partial charge in [0.25, 0.3) is 0 Å². The highest BCUT2D eigenvalue weighted by molar-refractivity contribution is 6.00. The van der Waals surface area contributed by atoms with Crippen molar-refractivity contribution in [3.8, 4) is 39.8 Å². The molecule has 2 aromatic heterocycles. The highest BCUT2D eigenvalue weighted by Gasteiger charge is 2.26. The second-order valence-corrected chi connectivity index (χ2v) is 5.91. The number of aromatic hydroxyl groups is 1. The van der Waals surface area contributed by atoms with Gasteiger partial charge in [-0.05, 0) is 44.4 Å². The van der Waals surface area contributed by atoms with Crippen LogP contribution >= 0.6 is 0 Å². The van der Waals surface area contributed by atoms with E-state index in [0.717, 1.165) is 33.6 Å². The molecule has 0 aliphatic carbocycles. The Hall–Kier alpha value is -3.46. The molecule has 26 heavy (non-hydrogen) atoms. The minimum absolute atomic E-state index is 0.184. The molecule has 0 bridgehead atoms. The maximum Gasteiger partial charge on any atom is 0.141 e. The van der Waals surface area contributed by atoms with Gasteiger partial charge in [-0.3, -0.25) is 0 Å². The van der Waals surface area contributed by atoms with E-state index < -0.39 is 0 Å². The monoisotopic (exact) mass is 349 g/mol. The normalized spacial score (nSPS) is 10.9. The van der Waals surface area contributed by atoms with Crippen molar-refractivity contribution in [2.75, 3.05) is 0 Å². The number of oxime groups is 1. The number of nitrogens with zero attached hydrogens (tertiary/aromatic N) is 3. The molecule has 0 aliphatic rings. The number of phenols is 1. The summed E-state index contributed by atoms with van der Waals surface area (Å²) in [6.07, 6.45) is 1.38. The van der Waals surface area contributed by atoms with Crippen LogP contribution in [0.4, 0.5) is 0 Å². The van der Waals surface area contributed by atoms with Gasteiger partial charge >= 0.3 is 0 Å². The molecule has 2 N–H and O–H groups in total. The molecule has 132 valence electrons. The number of rotatable bonds is 3. The Morgan fingerprint density at radius 1 is 1.15 bits per heavy atom. The van der Waals surface area contributed by atoms with Crippen molar-refractivity contribution in [1.82, 2.24) is 9.72 Å². The molecule has 0 amide bonds. The van der Waals surface area contributed by atoms with Crippen molar-refractivity contribution < 1.29 is 14.8 Å². The zero-order valence-corrected chi connectivity index (χ0v) is 15.0. The van der Waals surface area contributed by atoms with Gasteiger partial charge in [0.15, 0.2) is 0 Å². The predicted octanol–water partition coefficient (Wildman–Crippen LogP) is 3.85. The molecular formula is C20H19N3O3. The third kappa shape index (κ3) is 2.74. The van der Waals surface area contributed by atoms with Gasteiger partial charge < -0.3 is 19.4 Å². The van der Waals surface area contributed by atoms with Gasteiger partial charge in [-0.1, -0.05) is 28.4 Å². The molecule has 0 unspecified atom stereocenters. The minimum atomic E-state index is 0.184. The molecule has 6 nitrogen and oxygen atoms in total. The van der Waals surface area contributed by atoms with E-state index in [1.807, 2.05) is 37.6 Å². The first-order valence-electron chi connectivity index (χ1n) is 8.05. The van der Waals surface area contributed by atoms with Crippen LogP contribution in [-0.4, -0.2) is 26.3 Å². The molecule has 0 aliphatic heterocycles. The first-order valence-corrected chi connectivity index (χ1v) is 8.05. The largest absolute Gasteiger partial charge is 0.508 e. The number of hydrogen-bond acceptors (Lipinski definition) is 5. The molecule has 6 heteroatoms. The molecule has 0 fully saturated rings. The highest BCUT2D eigenvalue weighted by atomic mass is 16.5. The zero-order chi connectivity index (χ0) is 18.8. The van der Waals surface area contributed by atoms with Crippen molar-refractivity contribution in [2.45, 2.75) is 20.8 Å². The average Bonchev–Trinajstić information content (AvgIpc) is 3.08. The fraction of sp³-hybridized carbons (Fsp3) is 0.200. The maximum absolute atomic E-state index is 9.65. The van der Waals surface area contributed by atoms with Crippen molar-refractivity contribution in [3.63, 3.8) is 0 Å². The summed E-state index contributed by atoms with van der Waals surface area (Å²) in [5.41, 5.74) is 5.59. The van der Waals surface area contributed by atoms with E-state index in [-0.39, 0.29) is 5.75 Å². The van der Waals surface area contributed by atoms with E-state index in [1.165, 1.54) is 6.21 Å². The van der Waals surface area contributed by atoms with Crippen LogP contribution in [-0.2, 0) is 7.05 Å². The van der Waals surface area contributed by atoms with Gasteiger partial charge in [0.1, 0.15) is 17.2 Å². The summed E-state index contributed by atoms with van der Waals surface area (Å²) >= 11 is 0. The molecule has 2 heterocycles. The van der Waals surface area contributed by atoms with Crippen molar-refractivity contribution >= 4 is 6.21 Å². The molecule has 0 saturated carbocycles. The summed E-state index contributed by atoms with van der Waals surface area (Å²) in [7, 11) is 1.86. The fourth-order valence-corrected chi connectivity index (χ4v) is 3.18. The quantitative estimate of drug-likeness (QED) is 0.326. The van der Waals surface area contributed by atoms with Crippen molar-refractivity contribution in [2.24, 2.45) is 12.2 Å². The van der Waals surface area contributed by atoms with Gasteiger partial charge in [-0.2, -0.15) is 0 Å². The second kappa shape index (κ2) is 6.81. The lowest BCUT2D eigenvalue weighted by molar-refractivity contribution is 0.321. The Balaban J connectivity index is 2.49. The number of aryl methyl sites for hydroxylation is 2. The highest BCUT2D eigenvalue weighted by Crippen LogP contribution is 2.41. The van der Waals surface area contributed by atoms with Crippen LogP contribution < -0.4 is 0 Å². The smallest absolute Gasteiger partial charge is 0.141 e. The molecule has 0 radical (unpaired) electrons. The molecule has 3 aromatic rings. The van der Waals surface area contributed by atoms with Crippen LogP contribution in [0.5, 0.6) is 5.75 Å². The fourth-order valence-electron chi connectivity index (χ4n) is 3.18. The number of phenolic OH excluding ortho intramolecular Hbond substituents is 1. The number of hydrogen-bond donors (Lipinski definition) is 2. The molecule has 0 spiro atoms. The third-order valence-corrected chi connectivity index (χ3v) is 4.30. The number of benzene rings is 1. The van der Waals surface area contributed by atoms with Gasteiger partial charge in [-0.25, -0.2) is 0 Å². The molecule has 1 aromatic carbocycles. The van der Waals surface area contributed by atoms with Crippen molar-refractivity contribution in [3.05, 3.63) is 47.1 Å². The molecule has 0 saturated heterocycles. The van der Waals surface area contributed by atoms with Crippen LogP contribution in [0.1, 0.15) is 29.8 Å². The summed E-state index contributed by atoms with van der Waals surface area (Å²) in [5.74, 6) is 6.92. The van der Waals surface area contributed by atoms with E-state index in [4.69, 9.17) is 4.52 Å². The predicted molar refractivity (Wildman–Crippen MR) is 99.4 cm³/mol. The SMILES string of the molecule is CC#Cc1c(-c2ccc(O)cc2)c(-c2c(C)noc2C)c(/C=N/O)n1C. The first kappa shape index (κ1) is 17.4. The van der Waals surface area contributed by atoms with Gasteiger partial charge in [0, 0.05) is 18.2 Å². The summed E-state index contributed by atoms with van der Waals surface area (Å²) in [5, 5.41) is 26.1. The minimum Gasteiger partial charge on any atom is -0.508 e. The lowest BCUT2D eigenvalue weighted by Crippen LogP contribution is -1.99. The van der Waals surface area contributed by atoms with E-state index in [9.17, 15) is 10.3 Å².